The molecule has 0 saturated heterocycles. The molecule has 0 amide bonds. The molecular formula is C10H11F2NO2. The number of nitrogens with two attached hydrogens (primary N) is 1. The van der Waals surface area contributed by atoms with E-state index < -0.39 is 23.6 Å². The Kier molecular flexibility index (Phi) is 3.74. The number of rotatable bonds is 4. The third-order valence-corrected chi connectivity index (χ3v) is 1.98. The lowest BCUT2D eigenvalue weighted by atomic mass is 10.0. The van der Waals surface area contributed by atoms with E-state index in [0.29, 0.717) is 0 Å². The number of hydrogen-bond acceptors (Lipinski definition) is 2. The van der Waals surface area contributed by atoms with Crippen LogP contribution >= 0.6 is 0 Å². The van der Waals surface area contributed by atoms with Crippen LogP contribution in [0.25, 0.3) is 0 Å². The summed E-state index contributed by atoms with van der Waals surface area (Å²) >= 11 is 0. The van der Waals surface area contributed by atoms with E-state index in [9.17, 15) is 13.6 Å². The van der Waals surface area contributed by atoms with E-state index in [1.807, 2.05) is 0 Å². The minimum atomic E-state index is -0.984. The molecule has 5 heteroatoms. The predicted molar refractivity (Wildman–Crippen MR) is 50.2 cm³/mol. The Balaban J connectivity index is 2.72. The summed E-state index contributed by atoms with van der Waals surface area (Å²) in [5.74, 6) is -2.41. The third kappa shape index (κ3) is 3.63. The highest BCUT2D eigenvalue weighted by molar-refractivity contribution is 5.66. The molecule has 0 heterocycles. The molecule has 3 nitrogen and oxygen atoms in total. The fraction of sp³-hybridized carbons (Fsp3) is 0.300. The maximum Gasteiger partial charge on any atom is 0.303 e. The van der Waals surface area contributed by atoms with Crippen LogP contribution in [0.2, 0.25) is 0 Å². The molecule has 0 saturated carbocycles. The first kappa shape index (κ1) is 11.6. The number of benzene rings is 1. The van der Waals surface area contributed by atoms with Crippen molar-refractivity contribution in [3.05, 3.63) is 35.4 Å². The zero-order valence-corrected chi connectivity index (χ0v) is 7.91. The van der Waals surface area contributed by atoms with E-state index in [2.05, 4.69) is 0 Å². The highest BCUT2D eigenvalue weighted by Crippen LogP contribution is 2.18. The van der Waals surface area contributed by atoms with Crippen molar-refractivity contribution in [3.63, 3.8) is 0 Å². The predicted octanol–water partition coefficient (Wildman–Crippen LogP) is 1.83. The van der Waals surface area contributed by atoms with Gasteiger partial charge in [0.05, 0.1) is 0 Å². The summed E-state index contributed by atoms with van der Waals surface area (Å²) in [5, 5.41) is 8.41. The number of carboxylic acids is 1. The lowest BCUT2D eigenvalue weighted by molar-refractivity contribution is -0.137. The maximum atomic E-state index is 12.8. The van der Waals surface area contributed by atoms with E-state index in [1.165, 1.54) is 0 Å². The minimum absolute atomic E-state index is 0.126. The summed E-state index contributed by atoms with van der Waals surface area (Å²) in [6, 6.07) is 2.30. The Hall–Kier alpha value is -1.49. The van der Waals surface area contributed by atoms with Crippen LogP contribution in [0.4, 0.5) is 8.78 Å². The third-order valence-electron chi connectivity index (χ3n) is 1.98. The molecular weight excluding hydrogens is 204 g/mol. The van der Waals surface area contributed by atoms with Gasteiger partial charge >= 0.3 is 5.97 Å². The van der Waals surface area contributed by atoms with Crippen LogP contribution in [0.15, 0.2) is 18.2 Å². The first-order valence-electron chi connectivity index (χ1n) is 4.42. The fourth-order valence-corrected chi connectivity index (χ4v) is 1.23. The lowest BCUT2D eigenvalue weighted by Crippen LogP contribution is -2.12. The molecule has 82 valence electrons. The zero-order valence-electron chi connectivity index (χ0n) is 7.91. The molecule has 0 aliphatic carbocycles. The molecule has 15 heavy (non-hydrogen) atoms. The van der Waals surface area contributed by atoms with Gasteiger partial charge in [0.25, 0.3) is 0 Å². The summed E-state index contributed by atoms with van der Waals surface area (Å²) in [6.07, 6.45) is 0.0253. The topological polar surface area (TPSA) is 63.3 Å². The second-order valence-corrected chi connectivity index (χ2v) is 3.24. The Bertz CT molecular complexity index is 348. The first-order valence-corrected chi connectivity index (χ1v) is 4.42. The molecule has 0 bridgehead atoms. The molecule has 1 rings (SSSR count). The number of carboxylic acid groups (broad SMARTS) is 1. The largest absolute Gasteiger partial charge is 0.481 e. The molecule has 1 aromatic carbocycles. The second kappa shape index (κ2) is 4.84. The summed E-state index contributed by atoms with van der Waals surface area (Å²) < 4.78 is 25.6. The average Bonchev–Trinajstić information content (AvgIpc) is 2.12. The number of halogens is 2. The van der Waals surface area contributed by atoms with Crippen LogP contribution in [0.1, 0.15) is 24.4 Å². The van der Waals surface area contributed by atoms with Crippen LogP contribution in [0.3, 0.4) is 0 Å². The van der Waals surface area contributed by atoms with Gasteiger partial charge in [0.15, 0.2) is 0 Å². The van der Waals surface area contributed by atoms with Crippen molar-refractivity contribution in [2.45, 2.75) is 18.9 Å². The smallest absolute Gasteiger partial charge is 0.303 e. The number of aliphatic carboxylic acids is 1. The van der Waals surface area contributed by atoms with Crippen molar-refractivity contribution in [1.82, 2.24) is 0 Å². The highest BCUT2D eigenvalue weighted by Gasteiger charge is 2.10. The van der Waals surface area contributed by atoms with Crippen molar-refractivity contribution in [2.24, 2.45) is 5.73 Å². The lowest BCUT2D eigenvalue weighted by Gasteiger charge is -2.10. The Morgan fingerprint density at radius 3 is 2.33 bits per heavy atom. The van der Waals surface area contributed by atoms with Crippen molar-refractivity contribution < 1.29 is 18.7 Å². The molecule has 0 aliphatic heterocycles. The van der Waals surface area contributed by atoms with Crippen molar-refractivity contribution in [1.29, 1.82) is 0 Å². The van der Waals surface area contributed by atoms with E-state index in [1.54, 1.807) is 0 Å². The summed E-state index contributed by atoms with van der Waals surface area (Å²) in [6.45, 7) is 0. The van der Waals surface area contributed by atoms with Crippen LogP contribution < -0.4 is 5.73 Å². The molecule has 0 radical (unpaired) electrons. The molecule has 1 unspecified atom stereocenters. The van der Waals surface area contributed by atoms with Gasteiger partial charge in [-0.25, -0.2) is 8.78 Å². The summed E-state index contributed by atoms with van der Waals surface area (Å²) in [7, 11) is 0. The second-order valence-electron chi connectivity index (χ2n) is 3.24. The molecule has 0 aliphatic rings. The Morgan fingerprint density at radius 1 is 1.33 bits per heavy atom. The number of carbonyl (C=O) groups is 1. The van der Waals surface area contributed by atoms with Crippen molar-refractivity contribution >= 4 is 5.97 Å². The summed E-state index contributed by atoms with van der Waals surface area (Å²) in [4.78, 5) is 10.3. The van der Waals surface area contributed by atoms with E-state index in [-0.39, 0.29) is 18.4 Å². The van der Waals surface area contributed by atoms with E-state index in [0.717, 1.165) is 18.2 Å². The molecule has 0 aromatic heterocycles. The Morgan fingerprint density at radius 2 is 1.87 bits per heavy atom. The highest BCUT2D eigenvalue weighted by atomic mass is 19.1. The van der Waals surface area contributed by atoms with Crippen LogP contribution in [-0.4, -0.2) is 11.1 Å². The van der Waals surface area contributed by atoms with Gasteiger partial charge in [-0.05, 0) is 24.1 Å². The Labute approximate surface area is 85.5 Å². The van der Waals surface area contributed by atoms with Gasteiger partial charge < -0.3 is 10.8 Å². The molecule has 0 fully saturated rings. The van der Waals surface area contributed by atoms with Crippen LogP contribution in [0, 0.1) is 11.6 Å². The number of hydrogen-bond donors (Lipinski definition) is 2. The zero-order chi connectivity index (χ0) is 11.4. The monoisotopic (exact) mass is 215 g/mol. The quantitative estimate of drug-likeness (QED) is 0.805. The van der Waals surface area contributed by atoms with E-state index >= 15 is 0 Å². The van der Waals surface area contributed by atoms with E-state index in [4.69, 9.17) is 10.8 Å². The van der Waals surface area contributed by atoms with Crippen LogP contribution in [-0.2, 0) is 4.79 Å². The van der Waals surface area contributed by atoms with Gasteiger partial charge in [0.2, 0.25) is 0 Å². The van der Waals surface area contributed by atoms with Gasteiger partial charge in [-0.1, -0.05) is 0 Å². The fourth-order valence-electron chi connectivity index (χ4n) is 1.23. The van der Waals surface area contributed by atoms with Gasteiger partial charge in [-0.15, -0.1) is 0 Å². The van der Waals surface area contributed by atoms with Gasteiger partial charge in [0, 0.05) is 18.5 Å². The molecule has 3 N–H and O–H groups in total. The maximum absolute atomic E-state index is 12.8. The molecule has 0 spiro atoms. The normalized spacial score (nSPS) is 12.5. The van der Waals surface area contributed by atoms with Gasteiger partial charge in [0.1, 0.15) is 11.6 Å². The summed E-state index contributed by atoms with van der Waals surface area (Å²) in [5.41, 5.74) is 5.86. The van der Waals surface area contributed by atoms with Crippen molar-refractivity contribution in [2.75, 3.05) is 0 Å². The first-order chi connectivity index (χ1) is 6.99. The SMILES string of the molecule is NC(CCC(=O)O)c1cc(F)cc(F)c1. The van der Waals surface area contributed by atoms with Gasteiger partial charge in [-0.2, -0.15) is 0 Å². The standard InChI is InChI=1S/C10H11F2NO2/c11-7-3-6(4-8(12)5-7)9(13)1-2-10(14)15/h3-5,9H,1-2,13H2,(H,14,15). The minimum Gasteiger partial charge on any atom is -0.481 e. The molecule has 1 aromatic rings. The molecule has 1 atom stereocenters. The van der Waals surface area contributed by atoms with Gasteiger partial charge in [-0.3, -0.25) is 4.79 Å². The van der Waals surface area contributed by atoms with Crippen LogP contribution in [0.5, 0.6) is 0 Å². The average molecular weight is 215 g/mol. The van der Waals surface area contributed by atoms with Crippen molar-refractivity contribution in [3.8, 4) is 0 Å².